The summed E-state index contributed by atoms with van der Waals surface area (Å²) in [4.78, 5) is 0. The summed E-state index contributed by atoms with van der Waals surface area (Å²) in [5.74, 6) is -1.67. The SMILES string of the molecule is CCC(CCl)C(F)(F)F. The highest BCUT2D eigenvalue weighted by Crippen LogP contribution is 2.29. The monoisotopic (exact) mass is 160 g/mol. The molecule has 9 heavy (non-hydrogen) atoms. The number of hydrogen-bond acceptors (Lipinski definition) is 0. The first-order valence-corrected chi connectivity index (χ1v) is 3.18. The van der Waals surface area contributed by atoms with Crippen molar-refractivity contribution in [2.24, 2.45) is 5.92 Å². The highest BCUT2D eigenvalue weighted by atomic mass is 35.5. The first-order valence-electron chi connectivity index (χ1n) is 2.65. The molecular formula is C5H8ClF3. The van der Waals surface area contributed by atoms with Gasteiger partial charge in [-0.15, -0.1) is 11.6 Å². The summed E-state index contributed by atoms with van der Waals surface area (Å²) >= 11 is 5.03. The molecule has 0 aromatic rings. The van der Waals surface area contributed by atoms with E-state index in [9.17, 15) is 13.2 Å². The maximum atomic E-state index is 11.6. The Bertz CT molecular complexity index is 74.8. The molecule has 56 valence electrons. The normalized spacial score (nSPS) is 15.7. The molecule has 0 spiro atoms. The Balaban J connectivity index is 3.79. The van der Waals surface area contributed by atoms with Crippen LogP contribution in [0.15, 0.2) is 0 Å². The molecule has 0 aromatic heterocycles. The van der Waals surface area contributed by atoms with Crippen molar-refractivity contribution in [3.05, 3.63) is 0 Å². The fourth-order valence-electron chi connectivity index (χ4n) is 0.428. The number of halogens is 4. The zero-order chi connectivity index (χ0) is 7.49. The van der Waals surface area contributed by atoms with Crippen molar-refractivity contribution in [3.63, 3.8) is 0 Å². The van der Waals surface area contributed by atoms with Crippen molar-refractivity contribution in [1.82, 2.24) is 0 Å². The summed E-state index contributed by atoms with van der Waals surface area (Å²) in [6.45, 7) is 1.47. The number of rotatable bonds is 2. The summed E-state index contributed by atoms with van der Waals surface area (Å²) < 4.78 is 34.9. The van der Waals surface area contributed by atoms with Crippen LogP contribution in [0.1, 0.15) is 13.3 Å². The molecule has 0 aliphatic heterocycles. The van der Waals surface area contributed by atoms with Gasteiger partial charge in [-0.2, -0.15) is 13.2 Å². The van der Waals surface area contributed by atoms with Gasteiger partial charge in [0, 0.05) is 5.88 Å². The van der Waals surface area contributed by atoms with Gasteiger partial charge in [0.25, 0.3) is 0 Å². The molecule has 1 atom stereocenters. The van der Waals surface area contributed by atoms with Gasteiger partial charge < -0.3 is 0 Å². The Morgan fingerprint density at radius 3 is 1.89 bits per heavy atom. The van der Waals surface area contributed by atoms with Crippen LogP contribution in [0.4, 0.5) is 13.2 Å². The van der Waals surface area contributed by atoms with E-state index in [1.165, 1.54) is 6.92 Å². The van der Waals surface area contributed by atoms with Crippen LogP contribution in [0.5, 0.6) is 0 Å². The lowest BCUT2D eigenvalue weighted by molar-refractivity contribution is -0.168. The molecule has 0 aliphatic carbocycles. The van der Waals surface area contributed by atoms with E-state index in [4.69, 9.17) is 11.6 Å². The largest absolute Gasteiger partial charge is 0.392 e. The standard InChI is InChI=1S/C5H8ClF3/c1-2-4(3-6)5(7,8)9/h4H,2-3H2,1H3. The van der Waals surface area contributed by atoms with Crippen LogP contribution in [-0.2, 0) is 0 Å². The van der Waals surface area contributed by atoms with Crippen molar-refractivity contribution >= 4 is 11.6 Å². The highest BCUT2D eigenvalue weighted by molar-refractivity contribution is 6.18. The molecule has 1 unspecified atom stereocenters. The molecule has 0 aromatic carbocycles. The maximum Gasteiger partial charge on any atom is 0.392 e. The van der Waals surface area contributed by atoms with Crippen LogP contribution in [-0.4, -0.2) is 12.1 Å². The lowest BCUT2D eigenvalue weighted by atomic mass is 10.1. The van der Waals surface area contributed by atoms with Gasteiger partial charge in [-0.25, -0.2) is 0 Å². The summed E-state index contributed by atoms with van der Waals surface area (Å²) in [7, 11) is 0. The van der Waals surface area contributed by atoms with E-state index in [0.717, 1.165) is 0 Å². The van der Waals surface area contributed by atoms with Gasteiger partial charge in [0.15, 0.2) is 0 Å². The van der Waals surface area contributed by atoms with Crippen LogP contribution < -0.4 is 0 Å². The van der Waals surface area contributed by atoms with E-state index in [-0.39, 0.29) is 12.3 Å². The molecular weight excluding hydrogens is 153 g/mol. The second-order valence-electron chi connectivity index (χ2n) is 1.80. The molecule has 0 saturated heterocycles. The second kappa shape index (κ2) is 3.30. The molecule has 0 fully saturated rings. The van der Waals surface area contributed by atoms with E-state index in [1.54, 1.807) is 0 Å². The zero-order valence-electron chi connectivity index (χ0n) is 5.00. The molecule has 0 heterocycles. The minimum absolute atomic E-state index is 0.0625. The highest BCUT2D eigenvalue weighted by Gasteiger charge is 2.37. The fourth-order valence-corrected chi connectivity index (χ4v) is 0.821. The van der Waals surface area contributed by atoms with Gasteiger partial charge in [0.05, 0.1) is 5.92 Å². The predicted molar refractivity (Wildman–Crippen MR) is 30.6 cm³/mol. The van der Waals surface area contributed by atoms with Gasteiger partial charge in [-0.1, -0.05) is 6.92 Å². The number of hydrogen-bond donors (Lipinski definition) is 0. The molecule has 4 heteroatoms. The Morgan fingerprint density at radius 2 is 1.89 bits per heavy atom. The first kappa shape index (κ1) is 9.08. The summed E-state index contributed by atoms with van der Waals surface area (Å²) in [5.41, 5.74) is 0. The Hall–Kier alpha value is 0.0800. The smallest absolute Gasteiger partial charge is 0.171 e. The van der Waals surface area contributed by atoms with Gasteiger partial charge in [-0.3, -0.25) is 0 Å². The Labute approximate surface area is 57.0 Å². The van der Waals surface area contributed by atoms with Crippen molar-refractivity contribution in [2.45, 2.75) is 19.5 Å². The van der Waals surface area contributed by atoms with E-state index in [2.05, 4.69) is 0 Å². The summed E-state index contributed by atoms with van der Waals surface area (Å²) in [5, 5.41) is 0. The molecule has 0 radical (unpaired) electrons. The van der Waals surface area contributed by atoms with E-state index in [0.29, 0.717) is 0 Å². The second-order valence-corrected chi connectivity index (χ2v) is 2.11. The van der Waals surface area contributed by atoms with Crippen LogP contribution in [0.3, 0.4) is 0 Å². The van der Waals surface area contributed by atoms with Crippen molar-refractivity contribution in [1.29, 1.82) is 0 Å². The Morgan fingerprint density at radius 1 is 1.44 bits per heavy atom. The van der Waals surface area contributed by atoms with Crippen molar-refractivity contribution < 1.29 is 13.2 Å². The third-order valence-corrected chi connectivity index (χ3v) is 1.51. The van der Waals surface area contributed by atoms with Gasteiger partial charge in [0.1, 0.15) is 0 Å². The third kappa shape index (κ3) is 2.94. The maximum absolute atomic E-state index is 11.6. The molecule has 0 aliphatic rings. The Kier molecular flexibility index (Phi) is 3.33. The molecule has 0 saturated carbocycles. The topological polar surface area (TPSA) is 0 Å². The zero-order valence-corrected chi connectivity index (χ0v) is 5.76. The minimum atomic E-state index is -4.11. The molecule has 0 bridgehead atoms. The quantitative estimate of drug-likeness (QED) is 0.545. The van der Waals surface area contributed by atoms with E-state index >= 15 is 0 Å². The summed E-state index contributed by atoms with van der Waals surface area (Å²) in [6.07, 6.45) is -4.05. The van der Waals surface area contributed by atoms with Crippen LogP contribution in [0.2, 0.25) is 0 Å². The lowest BCUT2D eigenvalue weighted by Gasteiger charge is -2.14. The van der Waals surface area contributed by atoms with E-state index < -0.39 is 12.1 Å². The van der Waals surface area contributed by atoms with Gasteiger partial charge in [-0.05, 0) is 6.42 Å². The van der Waals surface area contributed by atoms with Gasteiger partial charge >= 0.3 is 6.18 Å². The predicted octanol–water partition coefficient (Wildman–Crippen LogP) is 2.81. The molecule has 0 nitrogen and oxygen atoms in total. The van der Waals surface area contributed by atoms with Crippen LogP contribution in [0.25, 0.3) is 0 Å². The van der Waals surface area contributed by atoms with Crippen LogP contribution >= 0.6 is 11.6 Å². The average Bonchev–Trinajstić information content (AvgIpc) is 1.65. The third-order valence-electron chi connectivity index (χ3n) is 1.14. The molecule has 0 rings (SSSR count). The molecule has 0 N–H and O–H groups in total. The first-order chi connectivity index (χ1) is 4.02. The van der Waals surface area contributed by atoms with Crippen molar-refractivity contribution in [3.8, 4) is 0 Å². The minimum Gasteiger partial charge on any atom is -0.171 e. The average molecular weight is 161 g/mol. The number of alkyl halides is 4. The molecule has 0 amide bonds. The fraction of sp³-hybridized carbons (Fsp3) is 1.00. The van der Waals surface area contributed by atoms with E-state index in [1.807, 2.05) is 0 Å². The summed E-state index contributed by atoms with van der Waals surface area (Å²) in [6, 6.07) is 0. The van der Waals surface area contributed by atoms with Crippen LogP contribution in [0, 0.1) is 5.92 Å². The van der Waals surface area contributed by atoms with Gasteiger partial charge in [0.2, 0.25) is 0 Å². The van der Waals surface area contributed by atoms with Crippen molar-refractivity contribution in [2.75, 3.05) is 5.88 Å². The lowest BCUT2D eigenvalue weighted by Crippen LogP contribution is -2.23.